The fourth-order valence-electron chi connectivity index (χ4n) is 1.70. The van der Waals surface area contributed by atoms with Crippen LogP contribution in [-0.4, -0.2) is 17.0 Å². The first-order chi connectivity index (χ1) is 9.50. The Labute approximate surface area is 113 Å². The number of halogens is 1. The Morgan fingerprint density at radius 2 is 1.70 bits per heavy atom. The van der Waals surface area contributed by atoms with Gasteiger partial charge >= 0.3 is 5.97 Å². The van der Waals surface area contributed by atoms with Crippen molar-refractivity contribution in [3.05, 3.63) is 59.4 Å². The maximum Gasteiger partial charge on any atom is 0.337 e. The smallest absolute Gasteiger partial charge is 0.337 e. The highest BCUT2D eigenvalue weighted by atomic mass is 19.1. The second-order valence-corrected chi connectivity index (χ2v) is 4.01. The highest BCUT2D eigenvalue weighted by Crippen LogP contribution is 2.20. The van der Waals surface area contributed by atoms with Crippen LogP contribution in [0.5, 0.6) is 0 Å². The van der Waals surface area contributed by atoms with Gasteiger partial charge in [-0.15, -0.1) is 0 Å². The molecule has 0 fully saturated rings. The molecule has 0 aliphatic rings. The lowest BCUT2D eigenvalue weighted by atomic mass is 10.1. The molecule has 2 rings (SSSR count). The molecule has 4 N–H and O–H groups in total. The Hall–Kier alpha value is -2.89. The van der Waals surface area contributed by atoms with Crippen LogP contribution in [0.25, 0.3) is 0 Å². The van der Waals surface area contributed by atoms with Crippen molar-refractivity contribution in [2.75, 3.05) is 11.1 Å². The second-order valence-electron chi connectivity index (χ2n) is 4.01. The summed E-state index contributed by atoms with van der Waals surface area (Å²) in [5, 5.41) is 11.4. The molecule has 0 spiro atoms. The van der Waals surface area contributed by atoms with Gasteiger partial charge in [0, 0.05) is 0 Å². The van der Waals surface area contributed by atoms with Crippen molar-refractivity contribution in [1.82, 2.24) is 0 Å². The van der Waals surface area contributed by atoms with Crippen molar-refractivity contribution in [1.29, 1.82) is 0 Å². The molecular weight excluding hydrogens is 263 g/mol. The summed E-state index contributed by atoms with van der Waals surface area (Å²) in [6.45, 7) is 0. The number of anilines is 2. The molecule has 0 aliphatic carbocycles. The van der Waals surface area contributed by atoms with Crippen molar-refractivity contribution in [3.8, 4) is 0 Å². The number of hydrogen-bond donors (Lipinski definition) is 3. The molecule has 0 radical (unpaired) electrons. The van der Waals surface area contributed by atoms with E-state index < -0.39 is 17.7 Å². The zero-order valence-corrected chi connectivity index (χ0v) is 10.3. The molecule has 0 heterocycles. The predicted molar refractivity (Wildman–Crippen MR) is 72.2 cm³/mol. The molecule has 6 heteroatoms. The minimum absolute atomic E-state index is 0.0507. The van der Waals surface area contributed by atoms with Gasteiger partial charge in [0.25, 0.3) is 5.91 Å². The van der Waals surface area contributed by atoms with E-state index in [1.165, 1.54) is 30.3 Å². The van der Waals surface area contributed by atoms with Gasteiger partial charge in [0.15, 0.2) is 0 Å². The van der Waals surface area contributed by atoms with Gasteiger partial charge in [-0.3, -0.25) is 4.79 Å². The molecule has 0 aromatic heterocycles. The molecule has 2 aromatic rings. The van der Waals surface area contributed by atoms with Gasteiger partial charge in [-0.05, 0) is 24.3 Å². The molecule has 0 atom stereocenters. The molecule has 0 aliphatic heterocycles. The zero-order valence-electron chi connectivity index (χ0n) is 10.3. The van der Waals surface area contributed by atoms with E-state index >= 15 is 0 Å². The number of carboxylic acid groups (broad SMARTS) is 1. The van der Waals surface area contributed by atoms with Crippen LogP contribution < -0.4 is 11.1 Å². The first-order valence-electron chi connectivity index (χ1n) is 5.68. The van der Waals surface area contributed by atoms with Gasteiger partial charge in [-0.25, -0.2) is 9.18 Å². The van der Waals surface area contributed by atoms with E-state index in [0.717, 1.165) is 6.07 Å². The van der Waals surface area contributed by atoms with Gasteiger partial charge < -0.3 is 16.2 Å². The van der Waals surface area contributed by atoms with E-state index in [1.54, 1.807) is 6.07 Å². The molecular formula is C14H11FN2O3. The van der Waals surface area contributed by atoms with Gasteiger partial charge in [0.05, 0.1) is 22.5 Å². The summed E-state index contributed by atoms with van der Waals surface area (Å²) in [6.07, 6.45) is 0. The molecule has 0 saturated carbocycles. The number of para-hydroxylation sites is 2. The first kappa shape index (κ1) is 13.5. The summed E-state index contributed by atoms with van der Waals surface area (Å²) in [5.41, 5.74) is 5.21. The first-order valence-corrected chi connectivity index (χ1v) is 5.68. The largest absolute Gasteiger partial charge is 0.478 e. The maximum absolute atomic E-state index is 13.3. The minimum atomic E-state index is -1.17. The van der Waals surface area contributed by atoms with Crippen molar-refractivity contribution in [3.63, 3.8) is 0 Å². The molecule has 2 aromatic carbocycles. The van der Waals surface area contributed by atoms with E-state index in [9.17, 15) is 14.0 Å². The number of carbonyl (C=O) groups is 2. The molecule has 102 valence electrons. The van der Waals surface area contributed by atoms with Crippen LogP contribution >= 0.6 is 0 Å². The molecule has 0 bridgehead atoms. The Bertz CT molecular complexity index is 686. The Kier molecular flexibility index (Phi) is 3.65. The quantitative estimate of drug-likeness (QED) is 0.749. The number of nitrogens with two attached hydrogens (primary N) is 1. The third kappa shape index (κ3) is 2.59. The fraction of sp³-hybridized carbons (Fsp3) is 0. The summed E-state index contributed by atoms with van der Waals surface area (Å²) in [7, 11) is 0. The minimum Gasteiger partial charge on any atom is -0.478 e. The summed E-state index contributed by atoms with van der Waals surface area (Å²) >= 11 is 0. The van der Waals surface area contributed by atoms with Crippen LogP contribution in [0.4, 0.5) is 15.8 Å². The highest BCUT2D eigenvalue weighted by Gasteiger charge is 2.16. The van der Waals surface area contributed by atoms with Crippen LogP contribution in [0, 0.1) is 5.82 Å². The zero-order chi connectivity index (χ0) is 14.7. The third-order valence-electron chi connectivity index (χ3n) is 2.70. The van der Waals surface area contributed by atoms with Gasteiger partial charge in [-0.2, -0.15) is 0 Å². The van der Waals surface area contributed by atoms with Crippen molar-refractivity contribution in [2.24, 2.45) is 0 Å². The normalized spacial score (nSPS) is 10.1. The summed E-state index contributed by atoms with van der Waals surface area (Å²) < 4.78 is 13.3. The van der Waals surface area contributed by atoms with Crippen LogP contribution in [0.2, 0.25) is 0 Å². The lowest BCUT2D eigenvalue weighted by Crippen LogP contribution is -2.16. The predicted octanol–water partition coefficient (Wildman–Crippen LogP) is 2.36. The number of aromatic carboxylic acids is 1. The number of carbonyl (C=O) groups excluding carboxylic acids is 1. The SMILES string of the molecule is Nc1c(F)cccc1C(=O)Nc1ccccc1C(=O)O. The number of nitrogen functional groups attached to an aromatic ring is 1. The number of benzene rings is 2. The van der Waals surface area contributed by atoms with Gasteiger partial charge in [-0.1, -0.05) is 18.2 Å². The topological polar surface area (TPSA) is 92.4 Å². The van der Waals surface area contributed by atoms with E-state index in [4.69, 9.17) is 10.8 Å². The van der Waals surface area contributed by atoms with Gasteiger partial charge in [0.1, 0.15) is 5.82 Å². The van der Waals surface area contributed by atoms with Crippen LogP contribution in [0.1, 0.15) is 20.7 Å². The number of hydrogen-bond acceptors (Lipinski definition) is 3. The average Bonchev–Trinajstić information content (AvgIpc) is 2.42. The highest BCUT2D eigenvalue weighted by molar-refractivity contribution is 6.10. The summed E-state index contributed by atoms with van der Waals surface area (Å²) in [6, 6.07) is 9.76. The fourth-order valence-corrected chi connectivity index (χ4v) is 1.70. The average molecular weight is 274 g/mol. The molecule has 0 saturated heterocycles. The molecule has 1 amide bonds. The second kappa shape index (κ2) is 5.40. The maximum atomic E-state index is 13.3. The van der Waals surface area contributed by atoms with E-state index in [1.807, 2.05) is 0 Å². The van der Waals surface area contributed by atoms with Gasteiger partial charge in [0.2, 0.25) is 0 Å². The lowest BCUT2D eigenvalue weighted by Gasteiger charge is -2.10. The Morgan fingerprint density at radius 3 is 2.40 bits per heavy atom. The molecule has 0 unspecified atom stereocenters. The van der Waals surface area contributed by atoms with E-state index in [0.29, 0.717) is 0 Å². The lowest BCUT2D eigenvalue weighted by molar-refractivity contribution is 0.0698. The number of rotatable bonds is 3. The number of carboxylic acids is 1. The van der Waals surface area contributed by atoms with Crippen molar-refractivity contribution < 1.29 is 19.1 Å². The third-order valence-corrected chi connectivity index (χ3v) is 2.70. The summed E-state index contributed by atoms with van der Waals surface area (Å²) in [5.74, 6) is -2.55. The van der Waals surface area contributed by atoms with Crippen molar-refractivity contribution in [2.45, 2.75) is 0 Å². The molecule has 20 heavy (non-hydrogen) atoms. The molecule has 5 nitrogen and oxygen atoms in total. The van der Waals surface area contributed by atoms with E-state index in [2.05, 4.69) is 5.32 Å². The number of nitrogens with one attached hydrogen (secondary N) is 1. The van der Waals surface area contributed by atoms with E-state index in [-0.39, 0.29) is 22.5 Å². The summed E-state index contributed by atoms with van der Waals surface area (Å²) in [4.78, 5) is 23.0. The number of amides is 1. The van der Waals surface area contributed by atoms with Crippen LogP contribution in [0.3, 0.4) is 0 Å². The Balaban J connectivity index is 2.33. The standard InChI is InChI=1S/C14H11FN2O3/c15-10-6-3-5-9(12(10)16)13(18)17-11-7-2-1-4-8(11)14(19)20/h1-7H,16H2,(H,17,18)(H,19,20). The monoisotopic (exact) mass is 274 g/mol. The van der Waals surface area contributed by atoms with Crippen molar-refractivity contribution >= 4 is 23.3 Å². The van der Waals surface area contributed by atoms with Crippen LogP contribution in [0.15, 0.2) is 42.5 Å². The Morgan fingerprint density at radius 1 is 1.05 bits per heavy atom. The van der Waals surface area contributed by atoms with Crippen LogP contribution in [-0.2, 0) is 0 Å².